The molecule has 26 heavy (non-hydrogen) atoms. The normalized spacial score (nSPS) is 16.5. The van der Waals surface area contributed by atoms with Crippen molar-refractivity contribution in [3.8, 4) is 0 Å². The summed E-state index contributed by atoms with van der Waals surface area (Å²) in [5.41, 5.74) is -0.477. The molecule has 0 aliphatic carbocycles. The highest BCUT2D eigenvalue weighted by Gasteiger charge is 2.44. The van der Waals surface area contributed by atoms with Crippen LogP contribution in [0.4, 0.5) is 0 Å². The number of aromatic nitrogens is 3. The third-order valence-corrected chi connectivity index (χ3v) is 5.13. The van der Waals surface area contributed by atoms with E-state index in [2.05, 4.69) is 10.1 Å². The number of amides is 1. The highest BCUT2D eigenvalue weighted by atomic mass is 16.4. The number of carboxylic acids is 1. The summed E-state index contributed by atoms with van der Waals surface area (Å²) in [7, 11) is 0. The number of fused-ring (bicyclic) bond motifs is 1. The van der Waals surface area contributed by atoms with Gasteiger partial charge in [0.25, 0.3) is 5.91 Å². The molecule has 1 aliphatic heterocycles. The average molecular weight is 350 g/mol. The molecule has 0 bridgehead atoms. The predicted molar refractivity (Wildman–Crippen MR) is 94.7 cm³/mol. The number of piperidine rings is 1. The average Bonchev–Trinajstić information content (AvgIpc) is 3.22. The van der Waals surface area contributed by atoms with E-state index in [9.17, 15) is 14.7 Å². The molecule has 0 atom stereocenters. The fraction of sp³-hybridized carbons (Fsp3) is 0.263. The van der Waals surface area contributed by atoms with Crippen LogP contribution in [0.2, 0.25) is 0 Å². The maximum atomic E-state index is 13.0. The van der Waals surface area contributed by atoms with Gasteiger partial charge in [0.15, 0.2) is 5.54 Å². The number of nitrogens with zero attached hydrogens (tertiary/aromatic N) is 4. The minimum absolute atomic E-state index is 0.0822. The number of rotatable bonds is 3. The van der Waals surface area contributed by atoms with Gasteiger partial charge in [-0.3, -0.25) is 14.5 Å². The topological polar surface area (TPSA) is 88.3 Å². The van der Waals surface area contributed by atoms with Gasteiger partial charge in [-0.15, -0.1) is 0 Å². The maximum absolute atomic E-state index is 13.0. The Morgan fingerprint density at radius 1 is 1.08 bits per heavy atom. The smallest absolute Gasteiger partial charge is 0.331 e. The molecule has 4 rings (SSSR count). The third kappa shape index (κ3) is 2.52. The first-order chi connectivity index (χ1) is 12.6. The Hall–Kier alpha value is -3.22. The van der Waals surface area contributed by atoms with E-state index in [0.717, 1.165) is 10.8 Å². The monoisotopic (exact) mass is 350 g/mol. The summed E-state index contributed by atoms with van der Waals surface area (Å²) in [6, 6.07) is 9.11. The molecule has 0 saturated carbocycles. The molecular weight excluding hydrogens is 332 g/mol. The maximum Gasteiger partial charge on any atom is 0.331 e. The van der Waals surface area contributed by atoms with Crippen molar-refractivity contribution in [1.29, 1.82) is 0 Å². The zero-order chi connectivity index (χ0) is 18.1. The molecule has 3 aromatic rings. The van der Waals surface area contributed by atoms with Gasteiger partial charge in [0.2, 0.25) is 0 Å². The highest BCUT2D eigenvalue weighted by molar-refractivity contribution is 6.06. The lowest BCUT2D eigenvalue weighted by molar-refractivity contribution is -0.150. The van der Waals surface area contributed by atoms with Crippen LogP contribution in [0.3, 0.4) is 0 Å². The molecule has 0 unspecified atom stereocenters. The van der Waals surface area contributed by atoms with Crippen LogP contribution in [0.25, 0.3) is 10.8 Å². The van der Waals surface area contributed by atoms with Gasteiger partial charge < -0.3 is 10.0 Å². The number of carbonyl (C=O) groups excluding carboxylic acids is 1. The number of aliphatic carboxylic acids is 1. The van der Waals surface area contributed by atoms with Crippen LogP contribution < -0.4 is 0 Å². The molecule has 1 amide bonds. The lowest BCUT2D eigenvalue weighted by atomic mass is 9.87. The van der Waals surface area contributed by atoms with Crippen molar-refractivity contribution in [2.45, 2.75) is 18.4 Å². The number of carbonyl (C=O) groups is 2. The molecule has 132 valence electrons. The molecule has 0 spiro atoms. The quantitative estimate of drug-likeness (QED) is 0.782. The summed E-state index contributed by atoms with van der Waals surface area (Å²) >= 11 is 0. The van der Waals surface area contributed by atoms with Crippen LogP contribution >= 0.6 is 0 Å². The molecule has 3 heterocycles. The number of benzene rings is 1. The minimum atomic E-state index is -1.09. The van der Waals surface area contributed by atoms with Crippen LogP contribution in [0, 0.1) is 0 Å². The van der Waals surface area contributed by atoms with Gasteiger partial charge in [-0.2, -0.15) is 5.10 Å². The van der Waals surface area contributed by atoms with Crippen molar-refractivity contribution in [2.75, 3.05) is 13.1 Å². The summed E-state index contributed by atoms with van der Waals surface area (Å²) in [6.07, 6.45) is 7.29. The fourth-order valence-corrected chi connectivity index (χ4v) is 3.62. The molecule has 1 aliphatic rings. The Balaban J connectivity index is 1.60. The van der Waals surface area contributed by atoms with Gasteiger partial charge in [-0.25, -0.2) is 4.79 Å². The van der Waals surface area contributed by atoms with Crippen LogP contribution in [0.15, 0.2) is 55.1 Å². The Morgan fingerprint density at radius 2 is 1.88 bits per heavy atom. The van der Waals surface area contributed by atoms with E-state index in [1.54, 1.807) is 41.8 Å². The van der Waals surface area contributed by atoms with Crippen molar-refractivity contribution in [2.24, 2.45) is 0 Å². The molecule has 1 N–H and O–H groups in total. The van der Waals surface area contributed by atoms with Crippen molar-refractivity contribution >= 4 is 22.6 Å². The number of hydrogen-bond acceptors (Lipinski definition) is 4. The molecule has 7 heteroatoms. The van der Waals surface area contributed by atoms with E-state index in [0.29, 0.717) is 31.5 Å². The molecule has 1 aromatic carbocycles. The summed E-state index contributed by atoms with van der Waals surface area (Å²) in [4.78, 5) is 30.8. The van der Waals surface area contributed by atoms with Crippen LogP contribution in [0.1, 0.15) is 23.2 Å². The first-order valence-corrected chi connectivity index (χ1v) is 8.47. The standard InChI is InChI=1S/C19H18N4O3/c24-17(16-4-1-3-14-13-20-9-5-15(14)16)22-11-6-19(7-12-22,18(25)26)23-10-2-8-21-23/h1-5,8-10,13H,6-7,11-12H2,(H,25,26). The van der Waals surface area contributed by atoms with Crippen molar-refractivity contribution in [3.63, 3.8) is 0 Å². The molecule has 1 saturated heterocycles. The Kier molecular flexibility index (Phi) is 3.91. The number of likely N-dealkylation sites (tertiary alicyclic amines) is 1. The Bertz CT molecular complexity index is 955. The first kappa shape index (κ1) is 16.3. The molecule has 2 aromatic heterocycles. The molecule has 7 nitrogen and oxygen atoms in total. The Labute approximate surface area is 149 Å². The van der Waals surface area contributed by atoms with Gasteiger partial charge in [-0.05, 0) is 23.6 Å². The van der Waals surface area contributed by atoms with Gasteiger partial charge in [-0.1, -0.05) is 12.1 Å². The second kappa shape index (κ2) is 6.25. The van der Waals surface area contributed by atoms with E-state index >= 15 is 0 Å². The van der Waals surface area contributed by atoms with Crippen LogP contribution in [-0.2, 0) is 10.3 Å². The zero-order valence-corrected chi connectivity index (χ0v) is 14.1. The second-order valence-corrected chi connectivity index (χ2v) is 6.48. The van der Waals surface area contributed by atoms with Gasteiger partial charge >= 0.3 is 5.97 Å². The summed E-state index contributed by atoms with van der Waals surface area (Å²) in [5.74, 6) is -0.995. The number of carboxylic acid groups (broad SMARTS) is 1. The molecule has 0 radical (unpaired) electrons. The predicted octanol–water partition coefficient (Wildman–Crippen LogP) is 2.15. The summed E-state index contributed by atoms with van der Waals surface area (Å²) in [6.45, 7) is 0.735. The zero-order valence-electron chi connectivity index (χ0n) is 14.1. The van der Waals surface area contributed by atoms with E-state index in [4.69, 9.17) is 0 Å². The van der Waals surface area contributed by atoms with Gasteiger partial charge in [0, 0.05) is 61.7 Å². The van der Waals surface area contributed by atoms with E-state index in [1.807, 2.05) is 18.2 Å². The van der Waals surface area contributed by atoms with E-state index in [1.165, 1.54) is 4.68 Å². The fourth-order valence-electron chi connectivity index (χ4n) is 3.62. The Morgan fingerprint density at radius 3 is 2.58 bits per heavy atom. The first-order valence-electron chi connectivity index (χ1n) is 8.47. The summed E-state index contributed by atoms with van der Waals surface area (Å²) in [5, 5.41) is 15.7. The third-order valence-electron chi connectivity index (χ3n) is 5.13. The number of hydrogen-bond donors (Lipinski definition) is 1. The second-order valence-electron chi connectivity index (χ2n) is 6.48. The van der Waals surface area contributed by atoms with Gasteiger partial charge in [0.1, 0.15) is 0 Å². The molecule has 1 fully saturated rings. The SMILES string of the molecule is O=C(c1cccc2cnccc12)N1CCC(C(=O)O)(n2cccn2)CC1. The lowest BCUT2D eigenvalue weighted by Gasteiger charge is -2.39. The van der Waals surface area contributed by atoms with Crippen LogP contribution in [0.5, 0.6) is 0 Å². The summed E-state index contributed by atoms with van der Waals surface area (Å²) < 4.78 is 1.50. The van der Waals surface area contributed by atoms with E-state index < -0.39 is 11.5 Å². The molecular formula is C19H18N4O3. The van der Waals surface area contributed by atoms with E-state index in [-0.39, 0.29) is 5.91 Å². The largest absolute Gasteiger partial charge is 0.479 e. The van der Waals surface area contributed by atoms with Crippen molar-refractivity contribution in [3.05, 3.63) is 60.7 Å². The van der Waals surface area contributed by atoms with Crippen LogP contribution in [-0.4, -0.2) is 49.7 Å². The number of pyridine rings is 1. The van der Waals surface area contributed by atoms with Crippen molar-refractivity contribution in [1.82, 2.24) is 19.7 Å². The lowest BCUT2D eigenvalue weighted by Crippen LogP contribution is -2.52. The highest BCUT2D eigenvalue weighted by Crippen LogP contribution is 2.31. The minimum Gasteiger partial charge on any atom is -0.479 e. The van der Waals surface area contributed by atoms with Crippen molar-refractivity contribution < 1.29 is 14.7 Å². The van der Waals surface area contributed by atoms with Gasteiger partial charge in [0.05, 0.1) is 0 Å².